The number of hydrogen-bond donors (Lipinski definition) is 2. The van der Waals surface area contributed by atoms with E-state index in [0.717, 1.165) is 29.2 Å². The number of aromatic nitrogens is 3. The molecule has 13 nitrogen and oxygen atoms in total. The van der Waals surface area contributed by atoms with Gasteiger partial charge in [0.05, 0.1) is 55.3 Å². The van der Waals surface area contributed by atoms with Crippen LogP contribution in [0.25, 0.3) is 0 Å². The number of H-pyrrole nitrogens is 1. The third-order valence-electron chi connectivity index (χ3n) is 12.5. The lowest BCUT2D eigenvalue weighted by Gasteiger charge is -2.41. The van der Waals surface area contributed by atoms with Crippen molar-refractivity contribution in [2.75, 3.05) is 34.9 Å². The smallest absolute Gasteiger partial charge is 0.226 e. The molecule has 0 saturated carbocycles. The molecule has 60 heavy (non-hydrogen) atoms. The largest absolute Gasteiger partial charge is 0.379 e. The number of aromatic amines is 1. The highest BCUT2D eigenvalue weighted by Crippen LogP contribution is 2.32. The number of methoxy groups -OCH3 is 2. The van der Waals surface area contributed by atoms with E-state index in [1.54, 1.807) is 44.8 Å². The van der Waals surface area contributed by atoms with Gasteiger partial charge >= 0.3 is 0 Å². The van der Waals surface area contributed by atoms with Crippen LogP contribution in [0, 0.1) is 29.6 Å². The van der Waals surface area contributed by atoms with Crippen molar-refractivity contribution in [3.05, 3.63) is 70.7 Å². The Balaban J connectivity index is 1.48. The molecule has 0 spiro atoms. The van der Waals surface area contributed by atoms with Crippen LogP contribution in [0.4, 0.5) is 0 Å². The second-order valence-electron chi connectivity index (χ2n) is 17.4. The topological polar surface area (TPSA) is 150 Å². The molecule has 3 aromatic rings. The van der Waals surface area contributed by atoms with E-state index in [-0.39, 0.29) is 66.2 Å². The van der Waals surface area contributed by atoms with Gasteiger partial charge in [0, 0.05) is 64.1 Å². The normalized spacial score (nSPS) is 18.5. The van der Waals surface area contributed by atoms with Crippen LogP contribution in [0.15, 0.2) is 54.3 Å². The van der Waals surface area contributed by atoms with E-state index in [2.05, 4.69) is 34.1 Å². The van der Waals surface area contributed by atoms with Crippen molar-refractivity contribution in [1.29, 1.82) is 0 Å². The lowest BCUT2D eigenvalue weighted by Crippen LogP contribution is -2.54. The number of nitrogens with zero attached hydrogens (tertiary/aromatic N) is 5. The maximum absolute atomic E-state index is 14.6. The number of likely N-dealkylation sites (tertiary alicyclic amines) is 1. The molecule has 1 fully saturated rings. The molecule has 332 valence electrons. The lowest BCUT2D eigenvalue weighted by molar-refractivity contribution is -0.149. The van der Waals surface area contributed by atoms with Crippen LogP contribution in [-0.4, -0.2) is 118 Å². The number of carbonyl (C=O) groups excluding carboxylic acids is 4. The predicted octanol–water partition coefficient (Wildman–Crippen LogP) is 6.57. The summed E-state index contributed by atoms with van der Waals surface area (Å²) < 4.78 is 12.2. The number of imidazole rings is 1. The zero-order valence-electron chi connectivity index (χ0n) is 37.8. The fourth-order valence-corrected chi connectivity index (χ4v) is 9.81. The van der Waals surface area contributed by atoms with Crippen LogP contribution >= 0.6 is 11.3 Å². The molecule has 14 heteroatoms. The van der Waals surface area contributed by atoms with Crippen molar-refractivity contribution in [2.24, 2.45) is 29.6 Å². The number of ether oxygens (including phenoxy) is 2. The van der Waals surface area contributed by atoms with Gasteiger partial charge in [0.2, 0.25) is 17.7 Å². The average Bonchev–Trinajstić information content (AvgIpc) is 4.04. The number of carbonyl (C=O) groups is 4. The van der Waals surface area contributed by atoms with Gasteiger partial charge < -0.3 is 29.6 Å². The van der Waals surface area contributed by atoms with Crippen molar-refractivity contribution in [1.82, 2.24) is 35.0 Å². The molecule has 0 radical (unpaired) electrons. The number of benzene rings is 1. The SMILES string of the molecule is CC[C@H](C)[C@@H]([C@@H](CC(=O)N1CCC[C@H]1[C@H](OC)[C@@H](C)C(=O)N[C@@H](Cc1ccccc1)c1nccs1)OC)N(C)C(=O)[C@@H](CC(=O)[C@H](C(C)C)N(C)Cc1ncc[nH]1)C(C)C. The fraction of sp³-hybridized carbons (Fsp3) is 0.652. The van der Waals surface area contributed by atoms with Crippen LogP contribution in [0.5, 0.6) is 0 Å². The number of amides is 3. The third-order valence-corrected chi connectivity index (χ3v) is 13.4. The number of ketones is 1. The summed E-state index contributed by atoms with van der Waals surface area (Å²) in [5.74, 6) is -0.790. The van der Waals surface area contributed by atoms with Gasteiger partial charge in [0.25, 0.3) is 0 Å². The van der Waals surface area contributed by atoms with Crippen molar-refractivity contribution in [2.45, 2.75) is 130 Å². The average molecular weight is 850 g/mol. The number of nitrogens with one attached hydrogen (secondary N) is 2. The minimum absolute atomic E-state index is 0.00506. The molecular formula is C46H71N7O6S. The van der Waals surface area contributed by atoms with Crippen LogP contribution in [0.3, 0.4) is 0 Å². The summed E-state index contributed by atoms with van der Waals surface area (Å²) in [4.78, 5) is 74.6. The van der Waals surface area contributed by atoms with Crippen LogP contribution < -0.4 is 5.32 Å². The van der Waals surface area contributed by atoms with Crippen LogP contribution in [0.1, 0.15) is 103 Å². The quantitative estimate of drug-likeness (QED) is 0.102. The minimum Gasteiger partial charge on any atom is -0.379 e. The third kappa shape index (κ3) is 12.5. The van der Waals surface area contributed by atoms with E-state index in [1.807, 2.05) is 87.2 Å². The van der Waals surface area contributed by atoms with Gasteiger partial charge in [0.1, 0.15) is 10.8 Å². The number of Topliss-reactive ketones (excluding diaryl/α,β-unsaturated/α-hetero) is 1. The molecule has 1 aliphatic heterocycles. The summed E-state index contributed by atoms with van der Waals surface area (Å²) in [6.45, 7) is 15.1. The Morgan fingerprint density at radius 2 is 1.68 bits per heavy atom. The number of thiazole rings is 1. The Morgan fingerprint density at radius 3 is 2.25 bits per heavy atom. The Hall–Kier alpha value is -3.98. The van der Waals surface area contributed by atoms with Crippen LogP contribution in [0.2, 0.25) is 0 Å². The molecule has 0 aliphatic carbocycles. The fourth-order valence-electron chi connectivity index (χ4n) is 9.12. The van der Waals surface area contributed by atoms with E-state index < -0.39 is 36.1 Å². The molecule has 2 N–H and O–H groups in total. The molecular weight excluding hydrogens is 779 g/mol. The highest BCUT2D eigenvalue weighted by molar-refractivity contribution is 7.09. The first kappa shape index (κ1) is 48.7. The molecule has 0 bridgehead atoms. The summed E-state index contributed by atoms with van der Waals surface area (Å²) >= 11 is 1.51. The maximum Gasteiger partial charge on any atom is 0.226 e. The molecule has 1 aliphatic rings. The summed E-state index contributed by atoms with van der Waals surface area (Å²) in [6, 6.07) is 8.59. The summed E-state index contributed by atoms with van der Waals surface area (Å²) in [5, 5.41) is 5.98. The standard InChI is InChI=1S/C46H71N7O6S/c1-12-31(6)42(52(9)46(57)34(29(2)3)26-37(54)41(30(4)5)51(8)28-39-47-20-21-48-39)38(58-10)27-40(55)53-23-16-19-36(53)43(59-11)32(7)44(56)50-35(45-49-22-24-60-45)25-33-17-14-13-15-18-33/h13-15,17-18,20-22,24,29-32,34-36,38,41-43H,12,16,19,23,25-28H2,1-11H3,(H,47,48)(H,50,56)/t31-,32+,34-,35-,36-,38+,41-,42-,43+/m0/s1. The number of hydrogen-bond acceptors (Lipinski definition) is 10. The Bertz CT molecular complexity index is 1760. The van der Waals surface area contributed by atoms with Crippen molar-refractivity contribution in [3.63, 3.8) is 0 Å². The van der Waals surface area contributed by atoms with Crippen molar-refractivity contribution in [3.8, 4) is 0 Å². The Labute approximate surface area is 362 Å². The molecule has 3 heterocycles. The summed E-state index contributed by atoms with van der Waals surface area (Å²) in [5.41, 5.74) is 1.09. The second kappa shape index (κ2) is 23.3. The van der Waals surface area contributed by atoms with E-state index in [4.69, 9.17) is 9.47 Å². The lowest BCUT2D eigenvalue weighted by atomic mass is 9.83. The zero-order chi connectivity index (χ0) is 44.1. The first-order chi connectivity index (χ1) is 28.6. The highest BCUT2D eigenvalue weighted by atomic mass is 32.1. The van der Waals surface area contributed by atoms with Gasteiger partial charge in [0.15, 0.2) is 5.78 Å². The van der Waals surface area contributed by atoms with Gasteiger partial charge in [-0.1, -0.05) is 85.2 Å². The molecule has 1 aromatic carbocycles. The van der Waals surface area contributed by atoms with E-state index in [1.165, 1.54) is 11.3 Å². The Morgan fingerprint density at radius 1 is 0.967 bits per heavy atom. The first-order valence-electron chi connectivity index (χ1n) is 21.7. The van der Waals surface area contributed by atoms with E-state index in [0.29, 0.717) is 25.9 Å². The van der Waals surface area contributed by atoms with Gasteiger partial charge in [-0.3, -0.25) is 24.1 Å². The van der Waals surface area contributed by atoms with Gasteiger partial charge in [-0.25, -0.2) is 9.97 Å². The maximum atomic E-state index is 14.6. The van der Waals surface area contributed by atoms with Crippen molar-refractivity contribution < 1.29 is 28.7 Å². The molecule has 9 atom stereocenters. The molecule has 2 aromatic heterocycles. The summed E-state index contributed by atoms with van der Waals surface area (Å²) in [7, 11) is 6.91. The number of likely N-dealkylation sites (N-methyl/N-ethyl adjacent to an activating group) is 2. The monoisotopic (exact) mass is 850 g/mol. The molecule has 4 rings (SSSR count). The Kier molecular flexibility index (Phi) is 18.9. The second-order valence-corrected chi connectivity index (χ2v) is 18.3. The summed E-state index contributed by atoms with van der Waals surface area (Å²) in [6.07, 6.45) is 7.06. The van der Waals surface area contributed by atoms with Gasteiger partial charge in [-0.2, -0.15) is 0 Å². The van der Waals surface area contributed by atoms with Gasteiger partial charge in [-0.15, -0.1) is 11.3 Å². The molecule has 3 amide bonds. The predicted molar refractivity (Wildman–Crippen MR) is 236 cm³/mol. The van der Waals surface area contributed by atoms with E-state index in [9.17, 15) is 19.2 Å². The van der Waals surface area contributed by atoms with Crippen LogP contribution in [-0.2, 0) is 41.6 Å². The molecule has 0 unspecified atom stereocenters. The number of rotatable bonds is 24. The van der Waals surface area contributed by atoms with E-state index >= 15 is 0 Å². The molecule has 1 saturated heterocycles. The van der Waals surface area contributed by atoms with Crippen molar-refractivity contribution >= 4 is 34.8 Å². The first-order valence-corrected chi connectivity index (χ1v) is 22.6. The highest BCUT2D eigenvalue weighted by Gasteiger charge is 2.43. The minimum atomic E-state index is -0.604. The van der Waals surface area contributed by atoms with Gasteiger partial charge in [-0.05, 0) is 49.6 Å². The zero-order valence-corrected chi connectivity index (χ0v) is 38.6.